The van der Waals surface area contributed by atoms with Crippen LogP contribution in [0.1, 0.15) is 48.5 Å². The number of imidazole rings is 1. The van der Waals surface area contributed by atoms with Crippen LogP contribution in [0.5, 0.6) is 0 Å². The molecule has 3 aromatic heterocycles. The van der Waals surface area contributed by atoms with Gasteiger partial charge in [0.1, 0.15) is 12.2 Å². The first-order chi connectivity index (χ1) is 22.4. The molecule has 0 saturated carbocycles. The number of ether oxygens (including phenoxy) is 1. The van der Waals surface area contributed by atoms with Gasteiger partial charge in [-0.15, -0.1) is 10.2 Å². The van der Waals surface area contributed by atoms with Gasteiger partial charge in [0.2, 0.25) is 11.8 Å². The lowest BCUT2D eigenvalue weighted by Gasteiger charge is -2.22. The number of aliphatic hydroxyl groups excluding tert-OH is 2. The third-order valence-corrected chi connectivity index (χ3v) is 9.54. The monoisotopic (exact) mass is 623 g/mol. The molecule has 0 unspecified atom stereocenters. The second-order valence-corrected chi connectivity index (χ2v) is 12.4. The normalized spacial score (nSPS) is 24.3. The fourth-order valence-electron chi connectivity index (χ4n) is 6.99. The molecular formula is C32H37N11O3. The Bertz CT molecular complexity index is 1840. The van der Waals surface area contributed by atoms with Crippen LogP contribution in [0, 0.1) is 0 Å². The van der Waals surface area contributed by atoms with Gasteiger partial charge in [0.25, 0.3) is 0 Å². The molecular weight excluding hydrogens is 586 g/mol. The standard InChI is InChI=1S/C32H37N11O3/c1-4-43-38-29(37-39-43)27-25(44)26(45)31(46-27)42-17-34-24-28(35-32(36-30(24)42)41-14-13-18(16-41)40(2)3)33-15-23-21-11-7-5-9-19(21)20-10-6-8-12-22(20)23/h5-12,17-18,23,25-27,31,44-45H,4,13-16H2,1-3H3,(H,33,35,36)/t18-,25+,26-,27+,31-/m1/s1. The van der Waals surface area contributed by atoms with Gasteiger partial charge < -0.3 is 30.1 Å². The van der Waals surface area contributed by atoms with Gasteiger partial charge in [-0.3, -0.25) is 4.57 Å². The molecule has 14 nitrogen and oxygen atoms in total. The van der Waals surface area contributed by atoms with Crippen LogP contribution in [0.2, 0.25) is 0 Å². The SMILES string of the molecule is CCn1nnc([C@H]2O[C@@H](n3cnc4c(NCC5c6ccccc6-c6ccccc65)nc(N5CC[C@@H](N(C)C)C5)nc43)[C@H](O)[C@@H]2O)n1. The molecule has 5 heterocycles. The Labute approximate surface area is 265 Å². The van der Waals surface area contributed by atoms with Crippen LogP contribution >= 0.6 is 0 Å². The Morgan fingerprint density at radius 1 is 1.00 bits per heavy atom. The Kier molecular flexibility index (Phi) is 7.16. The topological polar surface area (TPSA) is 155 Å². The van der Waals surface area contributed by atoms with Gasteiger partial charge in [0.05, 0.1) is 12.9 Å². The second kappa shape index (κ2) is 11.4. The number of nitrogens with zero attached hydrogens (tertiary/aromatic N) is 10. The van der Waals surface area contributed by atoms with E-state index in [0.717, 1.165) is 19.5 Å². The summed E-state index contributed by atoms with van der Waals surface area (Å²) in [6.45, 7) is 4.62. The van der Waals surface area contributed by atoms with E-state index in [4.69, 9.17) is 19.7 Å². The lowest BCUT2D eigenvalue weighted by Crippen LogP contribution is -2.32. The molecule has 2 aliphatic heterocycles. The first kappa shape index (κ1) is 28.9. The van der Waals surface area contributed by atoms with Crippen molar-refractivity contribution in [1.82, 2.24) is 44.6 Å². The predicted molar refractivity (Wildman–Crippen MR) is 170 cm³/mol. The van der Waals surface area contributed by atoms with E-state index in [1.54, 1.807) is 10.9 Å². The number of nitrogens with one attached hydrogen (secondary N) is 1. The number of rotatable bonds is 8. The minimum atomic E-state index is -1.28. The smallest absolute Gasteiger partial charge is 0.229 e. The first-order valence-corrected chi connectivity index (χ1v) is 15.8. The summed E-state index contributed by atoms with van der Waals surface area (Å²) < 4.78 is 7.87. The number of hydrogen-bond donors (Lipinski definition) is 3. The van der Waals surface area contributed by atoms with Gasteiger partial charge in [-0.05, 0) is 54.9 Å². The highest BCUT2D eigenvalue weighted by Crippen LogP contribution is 2.45. The van der Waals surface area contributed by atoms with E-state index < -0.39 is 24.5 Å². The molecule has 2 fully saturated rings. The van der Waals surface area contributed by atoms with Crippen molar-refractivity contribution in [3.63, 3.8) is 0 Å². The van der Waals surface area contributed by atoms with Gasteiger partial charge in [-0.2, -0.15) is 14.8 Å². The number of aryl methyl sites for hydroxylation is 1. The van der Waals surface area contributed by atoms with E-state index in [9.17, 15) is 10.2 Å². The van der Waals surface area contributed by atoms with Crippen molar-refractivity contribution >= 4 is 22.9 Å². The van der Waals surface area contributed by atoms with Gasteiger partial charge in [0, 0.05) is 31.6 Å². The lowest BCUT2D eigenvalue weighted by atomic mass is 9.97. The average molecular weight is 624 g/mol. The summed E-state index contributed by atoms with van der Waals surface area (Å²) in [7, 11) is 4.18. The van der Waals surface area contributed by atoms with E-state index in [0.29, 0.717) is 42.1 Å². The zero-order valence-electron chi connectivity index (χ0n) is 26.0. The summed E-state index contributed by atoms with van der Waals surface area (Å²) in [5.74, 6) is 1.52. The molecule has 1 aliphatic carbocycles. The van der Waals surface area contributed by atoms with Crippen molar-refractivity contribution in [3.05, 3.63) is 71.8 Å². The van der Waals surface area contributed by atoms with Crippen LogP contribution in [-0.2, 0) is 11.3 Å². The van der Waals surface area contributed by atoms with Crippen molar-refractivity contribution in [2.45, 2.75) is 56.4 Å². The number of likely N-dealkylation sites (N-methyl/N-ethyl adjacent to an activating group) is 1. The van der Waals surface area contributed by atoms with Gasteiger partial charge in [-0.25, -0.2) is 4.98 Å². The summed E-state index contributed by atoms with van der Waals surface area (Å²) >= 11 is 0. The zero-order valence-corrected chi connectivity index (χ0v) is 26.0. The van der Waals surface area contributed by atoms with Crippen molar-refractivity contribution in [2.75, 3.05) is 43.9 Å². The molecule has 0 radical (unpaired) electrons. The number of tetrazole rings is 1. The maximum Gasteiger partial charge on any atom is 0.229 e. The molecule has 46 heavy (non-hydrogen) atoms. The van der Waals surface area contributed by atoms with E-state index in [-0.39, 0.29) is 11.7 Å². The molecule has 2 saturated heterocycles. The van der Waals surface area contributed by atoms with E-state index in [1.165, 1.54) is 27.1 Å². The lowest BCUT2D eigenvalue weighted by molar-refractivity contribution is -0.0384. The quantitative estimate of drug-likeness (QED) is 0.232. The van der Waals surface area contributed by atoms with Crippen LogP contribution in [-0.4, -0.2) is 107 Å². The summed E-state index contributed by atoms with van der Waals surface area (Å²) in [5, 5.41) is 38.1. The molecule has 2 aromatic carbocycles. The Balaban J connectivity index is 1.16. The highest BCUT2D eigenvalue weighted by molar-refractivity contribution is 5.85. The summed E-state index contributed by atoms with van der Waals surface area (Å²) in [5.41, 5.74) is 6.10. The highest BCUT2D eigenvalue weighted by Gasteiger charge is 2.47. The number of aliphatic hydroxyl groups is 2. The fourth-order valence-corrected chi connectivity index (χ4v) is 6.99. The van der Waals surface area contributed by atoms with Crippen LogP contribution in [0.4, 0.5) is 11.8 Å². The highest BCUT2D eigenvalue weighted by atomic mass is 16.6. The molecule has 8 rings (SSSR count). The largest absolute Gasteiger partial charge is 0.387 e. The molecule has 0 bridgehead atoms. The fraction of sp³-hybridized carbons (Fsp3) is 0.438. The molecule has 0 spiro atoms. The Morgan fingerprint density at radius 3 is 2.41 bits per heavy atom. The predicted octanol–water partition coefficient (Wildman–Crippen LogP) is 2.19. The third-order valence-electron chi connectivity index (χ3n) is 9.54. The van der Waals surface area contributed by atoms with E-state index in [2.05, 4.69) is 93.2 Å². The first-order valence-electron chi connectivity index (χ1n) is 15.8. The van der Waals surface area contributed by atoms with Crippen molar-refractivity contribution in [3.8, 4) is 11.1 Å². The molecule has 238 valence electrons. The number of fused-ring (bicyclic) bond motifs is 4. The van der Waals surface area contributed by atoms with E-state index >= 15 is 0 Å². The Morgan fingerprint density at radius 2 is 1.74 bits per heavy atom. The molecule has 3 aliphatic rings. The third kappa shape index (κ3) is 4.71. The second-order valence-electron chi connectivity index (χ2n) is 12.4. The van der Waals surface area contributed by atoms with Crippen LogP contribution in [0.15, 0.2) is 54.9 Å². The van der Waals surface area contributed by atoms with Crippen LogP contribution < -0.4 is 10.2 Å². The number of anilines is 2. The van der Waals surface area contributed by atoms with Crippen molar-refractivity contribution < 1.29 is 14.9 Å². The average Bonchev–Trinajstić information content (AvgIpc) is 3.91. The summed E-state index contributed by atoms with van der Waals surface area (Å²) in [6, 6.07) is 17.5. The summed E-state index contributed by atoms with van der Waals surface area (Å²) in [6.07, 6.45) is -1.90. The minimum Gasteiger partial charge on any atom is -0.387 e. The maximum atomic E-state index is 11.2. The minimum absolute atomic E-state index is 0.132. The van der Waals surface area contributed by atoms with Crippen LogP contribution in [0.3, 0.4) is 0 Å². The van der Waals surface area contributed by atoms with Gasteiger partial charge >= 0.3 is 0 Å². The van der Waals surface area contributed by atoms with Crippen molar-refractivity contribution in [1.29, 1.82) is 0 Å². The van der Waals surface area contributed by atoms with Gasteiger partial charge in [-0.1, -0.05) is 48.5 Å². The molecule has 3 N–H and O–H groups in total. The maximum absolute atomic E-state index is 11.2. The van der Waals surface area contributed by atoms with Crippen LogP contribution in [0.25, 0.3) is 22.3 Å². The molecule has 5 aromatic rings. The molecule has 5 atom stereocenters. The zero-order chi connectivity index (χ0) is 31.5. The molecule has 14 heteroatoms. The number of benzene rings is 2. The number of aromatic nitrogens is 8. The number of hydrogen-bond acceptors (Lipinski definition) is 12. The van der Waals surface area contributed by atoms with E-state index in [1.807, 2.05) is 6.92 Å². The van der Waals surface area contributed by atoms with Gasteiger partial charge in [0.15, 0.2) is 29.3 Å². The Hall–Kier alpha value is -4.50. The molecule has 0 amide bonds. The summed E-state index contributed by atoms with van der Waals surface area (Å²) in [4.78, 5) is 20.5. The van der Waals surface area contributed by atoms with Crippen molar-refractivity contribution in [2.24, 2.45) is 0 Å².